The minimum atomic E-state index is -1.46. The van der Waals surface area contributed by atoms with Crippen LogP contribution >= 0.6 is 0 Å². The molecule has 0 saturated carbocycles. The third kappa shape index (κ3) is 3.44. The van der Waals surface area contributed by atoms with E-state index in [1.54, 1.807) is 4.90 Å². The summed E-state index contributed by atoms with van der Waals surface area (Å²) in [7, 11) is 3.38. The predicted octanol–water partition coefficient (Wildman–Crippen LogP) is 0.522. The summed E-state index contributed by atoms with van der Waals surface area (Å²) in [6.45, 7) is 2.22. The standard InChI is InChI=1S/C16H18F2N4O3.Na/c1-19-22-8-10(16(24)25)15(23)9-7-11(17)14(12(18)13(9)22)21-5-3-20(2)4-6-21;/h7-8,19H,3-6H2,1-2H3,(H,24,25);. The molecule has 3 rings (SSSR count). The van der Waals surface area contributed by atoms with Gasteiger partial charge in [0.25, 0.3) is 0 Å². The summed E-state index contributed by atoms with van der Waals surface area (Å²) >= 11 is 0. The summed E-state index contributed by atoms with van der Waals surface area (Å²) in [5.41, 5.74) is 0.758. The summed E-state index contributed by atoms with van der Waals surface area (Å²) in [5, 5.41) is 8.81. The molecular formula is C16H18F2N4NaO3. The molecule has 2 aromatic rings. The zero-order valence-electron chi connectivity index (χ0n) is 14.8. The predicted molar refractivity (Wildman–Crippen MR) is 95.8 cm³/mol. The Morgan fingerprint density at radius 2 is 1.85 bits per heavy atom. The van der Waals surface area contributed by atoms with Crippen LogP contribution in [0.2, 0.25) is 0 Å². The Kier molecular flexibility index (Phi) is 6.28. The second-order valence-corrected chi connectivity index (χ2v) is 5.98. The van der Waals surface area contributed by atoms with Gasteiger partial charge in [0.15, 0.2) is 5.82 Å². The van der Waals surface area contributed by atoms with Gasteiger partial charge in [0.2, 0.25) is 5.43 Å². The molecular weight excluding hydrogens is 357 g/mol. The molecule has 1 aromatic carbocycles. The number of pyridine rings is 1. The van der Waals surface area contributed by atoms with Crippen LogP contribution in [0.4, 0.5) is 14.5 Å². The molecule has 0 bridgehead atoms. The van der Waals surface area contributed by atoms with Gasteiger partial charge in [-0.15, -0.1) is 0 Å². The van der Waals surface area contributed by atoms with Crippen LogP contribution in [0.1, 0.15) is 10.4 Å². The van der Waals surface area contributed by atoms with E-state index in [9.17, 15) is 14.0 Å². The second kappa shape index (κ2) is 7.91. The van der Waals surface area contributed by atoms with Crippen LogP contribution in [0.5, 0.6) is 0 Å². The van der Waals surface area contributed by atoms with E-state index >= 15 is 4.39 Å². The normalized spacial score (nSPS) is 15.0. The Morgan fingerprint density at radius 1 is 1.23 bits per heavy atom. The molecule has 10 heteroatoms. The van der Waals surface area contributed by atoms with Gasteiger partial charge in [0, 0.05) is 69.0 Å². The number of hydrogen-bond donors (Lipinski definition) is 2. The number of halogens is 2. The Labute approximate surface area is 170 Å². The molecule has 1 aromatic heterocycles. The van der Waals surface area contributed by atoms with E-state index in [0.29, 0.717) is 26.2 Å². The minimum Gasteiger partial charge on any atom is -0.477 e. The molecule has 0 atom stereocenters. The molecule has 0 spiro atoms. The van der Waals surface area contributed by atoms with Gasteiger partial charge >= 0.3 is 5.97 Å². The number of rotatable bonds is 3. The van der Waals surface area contributed by atoms with Crippen molar-refractivity contribution in [2.45, 2.75) is 0 Å². The number of benzene rings is 1. The Morgan fingerprint density at radius 3 is 2.38 bits per heavy atom. The van der Waals surface area contributed by atoms with Crippen LogP contribution in [-0.2, 0) is 0 Å². The van der Waals surface area contributed by atoms with E-state index < -0.39 is 28.6 Å². The van der Waals surface area contributed by atoms with Crippen LogP contribution in [0.25, 0.3) is 10.9 Å². The summed E-state index contributed by atoms with van der Waals surface area (Å²) in [4.78, 5) is 27.2. The fourth-order valence-electron chi connectivity index (χ4n) is 3.05. The molecule has 1 aliphatic rings. The van der Waals surface area contributed by atoms with Gasteiger partial charge in [-0.1, -0.05) is 0 Å². The quantitative estimate of drug-likeness (QED) is 0.762. The second-order valence-electron chi connectivity index (χ2n) is 5.98. The third-order valence-corrected chi connectivity index (χ3v) is 4.45. The van der Waals surface area contributed by atoms with E-state index in [0.717, 1.165) is 16.9 Å². The van der Waals surface area contributed by atoms with Crippen molar-refractivity contribution in [3.05, 3.63) is 39.7 Å². The first kappa shape index (κ1) is 20.6. The third-order valence-electron chi connectivity index (χ3n) is 4.45. The van der Waals surface area contributed by atoms with Crippen molar-refractivity contribution >= 4 is 52.1 Å². The molecule has 2 heterocycles. The number of carbonyl (C=O) groups is 1. The maximum atomic E-state index is 15.1. The summed E-state index contributed by atoms with van der Waals surface area (Å²) in [6.07, 6.45) is 1.00. The summed E-state index contributed by atoms with van der Waals surface area (Å²) in [5.74, 6) is -3.22. The smallest absolute Gasteiger partial charge is 0.341 e. The molecule has 1 radical (unpaired) electrons. The molecule has 26 heavy (non-hydrogen) atoms. The molecule has 7 nitrogen and oxygen atoms in total. The average molecular weight is 375 g/mol. The Hall–Kier alpha value is -1.68. The molecule has 2 N–H and O–H groups in total. The van der Waals surface area contributed by atoms with Crippen LogP contribution in [-0.4, -0.2) is 90.5 Å². The molecule has 0 amide bonds. The van der Waals surface area contributed by atoms with Gasteiger partial charge in [-0.2, -0.15) is 0 Å². The number of nitrogens with zero attached hydrogens (tertiary/aromatic N) is 3. The fraction of sp³-hybridized carbons (Fsp3) is 0.375. The van der Waals surface area contributed by atoms with Crippen LogP contribution in [0.15, 0.2) is 17.1 Å². The monoisotopic (exact) mass is 375 g/mol. The first-order chi connectivity index (χ1) is 11.8. The van der Waals surface area contributed by atoms with E-state index in [1.165, 1.54) is 7.05 Å². The van der Waals surface area contributed by atoms with Gasteiger partial charge in [0.05, 0.1) is 5.39 Å². The molecule has 0 unspecified atom stereocenters. The van der Waals surface area contributed by atoms with Crippen molar-refractivity contribution in [1.29, 1.82) is 0 Å². The van der Waals surface area contributed by atoms with Gasteiger partial charge in [0.1, 0.15) is 22.6 Å². The number of fused-ring (bicyclic) bond motifs is 1. The number of carboxylic acids is 1. The Bertz CT molecular complexity index is 911. The molecule has 0 aliphatic carbocycles. The molecule has 1 aliphatic heterocycles. The number of aromatic carboxylic acids is 1. The first-order valence-electron chi connectivity index (χ1n) is 7.77. The zero-order chi connectivity index (χ0) is 18.3. The zero-order valence-corrected chi connectivity index (χ0v) is 16.8. The summed E-state index contributed by atoms with van der Waals surface area (Å²) in [6, 6.07) is 0.911. The number of aromatic nitrogens is 1. The van der Waals surface area contributed by atoms with Crippen molar-refractivity contribution in [1.82, 2.24) is 9.58 Å². The topological polar surface area (TPSA) is 77.8 Å². The van der Waals surface area contributed by atoms with Crippen molar-refractivity contribution in [2.24, 2.45) is 0 Å². The van der Waals surface area contributed by atoms with Crippen LogP contribution in [0, 0.1) is 11.6 Å². The number of carboxylic acid groups (broad SMARTS) is 1. The summed E-state index contributed by atoms with van der Waals surface area (Å²) < 4.78 is 30.8. The van der Waals surface area contributed by atoms with Gasteiger partial charge < -0.3 is 20.3 Å². The van der Waals surface area contributed by atoms with E-state index in [1.807, 2.05) is 7.05 Å². The van der Waals surface area contributed by atoms with Crippen molar-refractivity contribution < 1.29 is 18.7 Å². The number of hydrogen-bond acceptors (Lipinski definition) is 5. The number of piperazine rings is 1. The number of anilines is 1. The van der Waals surface area contributed by atoms with Crippen molar-refractivity contribution in [3.63, 3.8) is 0 Å². The van der Waals surface area contributed by atoms with Crippen molar-refractivity contribution in [2.75, 3.05) is 50.6 Å². The number of likely N-dealkylation sites (N-methyl/N-ethyl adjacent to an activating group) is 1. The molecule has 1 saturated heterocycles. The maximum Gasteiger partial charge on any atom is 0.341 e. The van der Waals surface area contributed by atoms with Crippen molar-refractivity contribution in [3.8, 4) is 0 Å². The number of nitrogens with one attached hydrogen (secondary N) is 1. The fourth-order valence-corrected chi connectivity index (χ4v) is 3.05. The minimum absolute atomic E-state index is 0. The Balaban J connectivity index is 0.00000243. The maximum absolute atomic E-state index is 15.1. The first-order valence-corrected chi connectivity index (χ1v) is 7.77. The SMILES string of the molecule is CNn1cc(C(=O)O)c(=O)c2cc(F)c(N3CCN(C)CC3)c(F)c21.[Na]. The van der Waals surface area contributed by atoms with Gasteiger partial charge in [-0.25, -0.2) is 13.6 Å². The molecule has 1 fully saturated rings. The van der Waals surface area contributed by atoms with E-state index in [-0.39, 0.29) is 46.1 Å². The van der Waals surface area contributed by atoms with E-state index in [4.69, 9.17) is 5.11 Å². The van der Waals surface area contributed by atoms with E-state index in [2.05, 4.69) is 10.3 Å². The average Bonchev–Trinajstić information content (AvgIpc) is 2.57. The van der Waals surface area contributed by atoms with Gasteiger partial charge in [-0.05, 0) is 13.1 Å². The van der Waals surface area contributed by atoms with Crippen LogP contribution < -0.4 is 15.8 Å². The van der Waals surface area contributed by atoms with Gasteiger partial charge in [-0.3, -0.25) is 9.47 Å². The van der Waals surface area contributed by atoms with Crippen LogP contribution in [0.3, 0.4) is 0 Å². The largest absolute Gasteiger partial charge is 0.477 e. The molecule has 135 valence electrons.